The maximum atomic E-state index is 12.3. The molecule has 3 rings (SSSR count). The molecule has 1 atom stereocenters. The highest BCUT2D eigenvalue weighted by Gasteiger charge is 2.49. The molecule has 1 saturated heterocycles. The van der Waals surface area contributed by atoms with Crippen molar-refractivity contribution in [3.05, 3.63) is 17.5 Å². The van der Waals surface area contributed by atoms with E-state index in [0.717, 1.165) is 38.8 Å². The molecule has 2 N–H and O–H groups in total. The molecule has 1 spiro atoms. The topological polar surface area (TPSA) is 44.9 Å². The fourth-order valence-corrected chi connectivity index (χ4v) is 4.27. The molecule has 92 valence electrons. The van der Waals surface area contributed by atoms with E-state index >= 15 is 0 Å². The van der Waals surface area contributed by atoms with Crippen LogP contribution in [0.4, 0.5) is 0 Å². The average molecular weight is 250 g/mol. The molecule has 1 fully saturated rings. The summed E-state index contributed by atoms with van der Waals surface area (Å²) >= 11 is 1.46. The summed E-state index contributed by atoms with van der Waals surface area (Å²) in [6, 6.07) is 0. The Bertz CT molecular complexity index is 446. The molecule has 0 aliphatic carbocycles. The molecule has 1 aromatic heterocycles. The van der Waals surface area contributed by atoms with Crippen LogP contribution in [0.1, 0.15) is 37.4 Å². The summed E-state index contributed by atoms with van der Waals surface area (Å²) in [6.07, 6.45) is 6.38. The van der Waals surface area contributed by atoms with Gasteiger partial charge in [-0.1, -0.05) is 13.3 Å². The molecule has 3 nitrogen and oxygen atoms in total. The van der Waals surface area contributed by atoms with Gasteiger partial charge in [0.15, 0.2) is 0 Å². The number of aromatic nitrogens is 1. The summed E-state index contributed by atoms with van der Waals surface area (Å²) in [5.74, 6) is 0. The number of aryl methyl sites for hydroxylation is 1. The number of piperidine rings is 1. The molecule has 0 aromatic carbocycles. The lowest BCUT2D eigenvalue weighted by Crippen LogP contribution is -2.46. The smallest absolute Gasteiger partial charge is 0.207 e. The van der Waals surface area contributed by atoms with Crippen molar-refractivity contribution in [2.75, 3.05) is 13.1 Å². The van der Waals surface area contributed by atoms with Crippen molar-refractivity contribution in [3.63, 3.8) is 0 Å². The van der Waals surface area contributed by atoms with Crippen molar-refractivity contribution in [2.24, 2.45) is 0 Å². The lowest BCUT2D eigenvalue weighted by molar-refractivity contribution is -0.116. The third-order valence-electron chi connectivity index (χ3n) is 3.88. The van der Waals surface area contributed by atoms with E-state index in [-0.39, 0.29) is 5.41 Å². The average Bonchev–Trinajstić information content (AvgIpc) is 2.84. The molecular weight excluding hydrogens is 232 g/mol. The Morgan fingerprint density at radius 1 is 1.53 bits per heavy atom. The number of carbonyl (C=O) groups is 1. The van der Waals surface area contributed by atoms with Gasteiger partial charge in [0.2, 0.25) is 5.12 Å². The van der Waals surface area contributed by atoms with Crippen LogP contribution < -0.4 is 5.32 Å². The molecule has 0 bridgehead atoms. The maximum absolute atomic E-state index is 12.3. The van der Waals surface area contributed by atoms with Crippen LogP contribution >= 0.6 is 11.8 Å². The van der Waals surface area contributed by atoms with Crippen molar-refractivity contribution in [1.29, 1.82) is 0 Å². The van der Waals surface area contributed by atoms with Crippen LogP contribution in [0.5, 0.6) is 0 Å². The van der Waals surface area contributed by atoms with Crippen LogP contribution in [0.3, 0.4) is 0 Å². The van der Waals surface area contributed by atoms with Crippen molar-refractivity contribution < 1.29 is 4.79 Å². The molecule has 4 heteroatoms. The monoisotopic (exact) mass is 250 g/mol. The molecule has 0 radical (unpaired) electrons. The van der Waals surface area contributed by atoms with Crippen LogP contribution in [-0.4, -0.2) is 23.2 Å². The predicted octanol–water partition coefficient (Wildman–Crippen LogP) is 2.22. The van der Waals surface area contributed by atoms with Crippen molar-refractivity contribution in [3.8, 4) is 0 Å². The third kappa shape index (κ3) is 1.58. The van der Waals surface area contributed by atoms with E-state index in [1.54, 1.807) is 0 Å². The van der Waals surface area contributed by atoms with Gasteiger partial charge in [-0.25, -0.2) is 0 Å². The minimum atomic E-state index is -0.260. The Morgan fingerprint density at radius 3 is 3.12 bits per heavy atom. The van der Waals surface area contributed by atoms with Gasteiger partial charge in [-0.15, -0.1) is 0 Å². The van der Waals surface area contributed by atoms with E-state index in [0.29, 0.717) is 5.12 Å². The number of fused-ring (bicyclic) bond motifs is 2. The number of nitrogens with one attached hydrogen (secondary N) is 2. The number of rotatable bonds is 2. The molecular formula is C13H18N2OS. The van der Waals surface area contributed by atoms with Gasteiger partial charge < -0.3 is 10.3 Å². The van der Waals surface area contributed by atoms with Crippen molar-refractivity contribution in [2.45, 2.75) is 42.9 Å². The second kappa shape index (κ2) is 4.18. The normalized spacial score (nSPS) is 27.7. The largest absolute Gasteiger partial charge is 0.363 e. The summed E-state index contributed by atoms with van der Waals surface area (Å²) in [4.78, 5) is 16.9. The Balaban J connectivity index is 2.01. The minimum Gasteiger partial charge on any atom is -0.363 e. The Hall–Kier alpha value is -0.740. The van der Waals surface area contributed by atoms with Gasteiger partial charge in [0.05, 0.1) is 5.41 Å². The van der Waals surface area contributed by atoms with Crippen LogP contribution in [0.25, 0.3) is 0 Å². The fraction of sp³-hybridized carbons (Fsp3) is 0.615. The molecule has 2 aliphatic rings. The van der Waals surface area contributed by atoms with E-state index in [1.807, 2.05) is 0 Å². The zero-order valence-corrected chi connectivity index (χ0v) is 11.0. The molecule has 0 unspecified atom stereocenters. The van der Waals surface area contributed by atoms with Crippen molar-refractivity contribution in [1.82, 2.24) is 10.3 Å². The minimum absolute atomic E-state index is 0.260. The fourth-order valence-electron chi connectivity index (χ4n) is 2.96. The first-order chi connectivity index (χ1) is 8.28. The van der Waals surface area contributed by atoms with Gasteiger partial charge in [0.25, 0.3) is 0 Å². The number of aromatic amines is 1. The highest BCUT2D eigenvalue weighted by Crippen LogP contribution is 2.49. The maximum Gasteiger partial charge on any atom is 0.207 e. The lowest BCUT2D eigenvalue weighted by Gasteiger charge is -2.31. The first-order valence-corrected chi connectivity index (χ1v) is 7.23. The first kappa shape index (κ1) is 11.4. The SMILES string of the molecule is CCCc1c[nH]c2c1SC(=O)[C@@]21CCCNC1. The highest BCUT2D eigenvalue weighted by molar-refractivity contribution is 8.14. The van der Waals surface area contributed by atoms with Gasteiger partial charge in [0.1, 0.15) is 0 Å². The lowest BCUT2D eigenvalue weighted by atomic mass is 9.79. The van der Waals surface area contributed by atoms with E-state index < -0.39 is 0 Å². The predicted molar refractivity (Wildman–Crippen MR) is 69.4 cm³/mol. The van der Waals surface area contributed by atoms with Gasteiger partial charge in [0, 0.05) is 23.3 Å². The Kier molecular flexibility index (Phi) is 2.79. The molecule has 0 saturated carbocycles. The molecule has 3 heterocycles. The quantitative estimate of drug-likeness (QED) is 0.846. The zero-order valence-electron chi connectivity index (χ0n) is 10.1. The number of H-pyrrole nitrogens is 1. The van der Waals surface area contributed by atoms with Gasteiger partial charge in [-0.2, -0.15) is 0 Å². The second-order valence-corrected chi connectivity index (χ2v) is 6.00. The molecule has 2 aliphatic heterocycles. The Morgan fingerprint density at radius 2 is 2.41 bits per heavy atom. The Labute approximate surface area is 106 Å². The highest BCUT2D eigenvalue weighted by atomic mass is 32.2. The second-order valence-electron chi connectivity index (χ2n) is 5.02. The van der Waals surface area contributed by atoms with E-state index in [2.05, 4.69) is 23.4 Å². The van der Waals surface area contributed by atoms with Gasteiger partial charge in [-0.3, -0.25) is 4.79 Å². The van der Waals surface area contributed by atoms with Crippen LogP contribution in [0.2, 0.25) is 0 Å². The van der Waals surface area contributed by atoms with Crippen LogP contribution in [0.15, 0.2) is 11.1 Å². The standard InChI is InChI=1S/C13H18N2OS/c1-2-4-9-7-15-11-10(9)17-12(16)13(11)5-3-6-14-8-13/h7,14-15H,2-6,8H2,1H3/t13-/m1/s1. The number of hydrogen-bond acceptors (Lipinski definition) is 3. The summed E-state index contributed by atoms with van der Waals surface area (Å²) in [5, 5.41) is 3.71. The summed E-state index contributed by atoms with van der Waals surface area (Å²) in [7, 11) is 0. The summed E-state index contributed by atoms with van der Waals surface area (Å²) in [6.45, 7) is 4.02. The van der Waals surface area contributed by atoms with Crippen molar-refractivity contribution >= 4 is 16.9 Å². The first-order valence-electron chi connectivity index (χ1n) is 6.41. The number of hydrogen-bond donors (Lipinski definition) is 2. The summed E-state index contributed by atoms with van der Waals surface area (Å²) < 4.78 is 0. The zero-order chi connectivity index (χ0) is 11.9. The van der Waals surface area contributed by atoms with E-state index in [9.17, 15) is 4.79 Å². The van der Waals surface area contributed by atoms with Gasteiger partial charge in [-0.05, 0) is 43.1 Å². The summed E-state index contributed by atoms with van der Waals surface area (Å²) in [5.41, 5.74) is 2.25. The molecule has 1 aromatic rings. The van der Waals surface area contributed by atoms with E-state index in [4.69, 9.17) is 0 Å². The van der Waals surface area contributed by atoms with Crippen LogP contribution in [-0.2, 0) is 16.6 Å². The van der Waals surface area contributed by atoms with Crippen LogP contribution in [0, 0.1) is 0 Å². The number of carbonyl (C=O) groups excluding carboxylic acids is 1. The van der Waals surface area contributed by atoms with E-state index in [1.165, 1.54) is 27.9 Å². The molecule has 17 heavy (non-hydrogen) atoms. The third-order valence-corrected chi connectivity index (χ3v) is 5.12. The van der Waals surface area contributed by atoms with Gasteiger partial charge >= 0.3 is 0 Å². The molecule has 0 amide bonds. The number of thioether (sulfide) groups is 1.